The predicted octanol–water partition coefficient (Wildman–Crippen LogP) is 3.22. The van der Waals surface area contributed by atoms with Gasteiger partial charge < -0.3 is 20.7 Å². The van der Waals surface area contributed by atoms with Gasteiger partial charge in [0.05, 0.1) is 5.56 Å². The van der Waals surface area contributed by atoms with Crippen molar-refractivity contribution < 1.29 is 23.1 Å². The first-order valence-electron chi connectivity index (χ1n) is 8.47. The van der Waals surface area contributed by atoms with Crippen LogP contribution >= 0.6 is 12.4 Å². The molecule has 1 fully saturated rings. The number of benzene rings is 2. The molecule has 0 aromatic heterocycles. The number of para-hydroxylation sites is 1. The molecule has 1 aliphatic rings. The van der Waals surface area contributed by atoms with Crippen molar-refractivity contribution in [1.29, 1.82) is 0 Å². The van der Waals surface area contributed by atoms with E-state index in [-0.39, 0.29) is 24.1 Å². The van der Waals surface area contributed by atoms with Crippen LogP contribution in [0.3, 0.4) is 0 Å². The third-order valence-corrected chi connectivity index (χ3v) is 4.32. The van der Waals surface area contributed by atoms with Crippen LogP contribution in [0.2, 0.25) is 0 Å². The number of rotatable bonds is 5. The molecule has 0 spiro atoms. The van der Waals surface area contributed by atoms with Gasteiger partial charge in [0.1, 0.15) is 11.8 Å². The Morgan fingerprint density at radius 3 is 2.50 bits per heavy atom. The zero-order valence-electron chi connectivity index (χ0n) is 14.8. The molecular weight excluding hydrogens is 392 g/mol. The Hall–Kier alpha value is -2.87. The Balaban J connectivity index is 0.00000280. The summed E-state index contributed by atoms with van der Waals surface area (Å²) < 4.78 is 28.8. The highest BCUT2D eigenvalue weighted by Gasteiger charge is 2.31. The van der Waals surface area contributed by atoms with Gasteiger partial charge in [-0.05, 0) is 49.2 Å². The number of nitrogens with one attached hydrogen (secondary N) is 1. The third kappa shape index (κ3) is 4.89. The lowest BCUT2D eigenvalue weighted by atomic mass is 10.0. The molecule has 2 amide bonds. The lowest BCUT2D eigenvalue weighted by Gasteiger charge is -2.32. The molecule has 0 saturated carbocycles. The molecule has 3 N–H and O–H groups in total. The topological polar surface area (TPSA) is 84.7 Å². The molecule has 0 bridgehead atoms. The van der Waals surface area contributed by atoms with E-state index < -0.39 is 18.6 Å². The predicted molar refractivity (Wildman–Crippen MR) is 104 cm³/mol. The summed E-state index contributed by atoms with van der Waals surface area (Å²) in [5, 5.41) is 2.73. The Morgan fingerprint density at radius 2 is 1.86 bits per heavy atom. The molecule has 9 heteroatoms. The number of alkyl halides is 2. The second-order valence-electron chi connectivity index (χ2n) is 6.12. The van der Waals surface area contributed by atoms with Gasteiger partial charge in [-0.2, -0.15) is 8.78 Å². The number of nitrogens with two attached hydrogens (primary N) is 1. The maximum atomic E-state index is 12.8. The van der Waals surface area contributed by atoms with Crippen LogP contribution in [-0.2, 0) is 4.79 Å². The van der Waals surface area contributed by atoms with Gasteiger partial charge in [-0.3, -0.25) is 9.59 Å². The molecule has 28 heavy (non-hydrogen) atoms. The van der Waals surface area contributed by atoms with E-state index in [4.69, 9.17) is 5.73 Å². The van der Waals surface area contributed by atoms with Gasteiger partial charge in [0.15, 0.2) is 0 Å². The van der Waals surface area contributed by atoms with Crippen LogP contribution in [0.5, 0.6) is 5.75 Å². The zero-order chi connectivity index (χ0) is 19.4. The molecule has 2 aromatic rings. The van der Waals surface area contributed by atoms with Crippen LogP contribution < -0.4 is 20.7 Å². The van der Waals surface area contributed by atoms with Crippen LogP contribution in [0.25, 0.3) is 0 Å². The van der Waals surface area contributed by atoms with E-state index in [0.717, 1.165) is 0 Å². The van der Waals surface area contributed by atoms with Gasteiger partial charge in [0.2, 0.25) is 5.91 Å². The number of nitrogens with zero attached hydrogens (tertiary/aromatic N) is 1. The number of amides is 2. The summed E-state index contributed by atoms with van der Waals surface area (Å²) >= 11 is 0. The quantitative estimate of drug-likeness (QED) is 0.740. The molecule has 3 rings (SSSR count). The largest absolute Gasteiger partial charge is 0.435 e. The van der Waals surface area contributed by atoms with Crippen molar-refractivity contribution >= 4 is 35.6 Å². The summed E-state index contributed by atoms with van der Waals surface area (Å²) in [7, 11) is 0. The van der Waals surface area contributed by atoms with Crippen molar-refractivity contribution in [1.82, 2.24) is 5.32 Å². The van der Waals surface area contributed by atoms with Crippen molar-refractivity contribution in [3.63, 3.8) is 0 Å². The first kappa shape index (κ1) is 21.4. The maximum Gasteiger partial charge on any atom is 0.387 e. The highest BCUT2D eigenvalue weighted by atomic mass is 35.5. The Bertz CT molecular complexity index is 833. The summed E-state index contributed by atoms with van der Waals surface area (Å²) in [5.41, 5.74) is 7.02. The Morgan fingerprint density at radius 1 is 1.18 bits per heavy atom. The molecule has 1 heterocycles. The van der Waals surface area contributed by atoms with E-state index >= 15 is 0 Å². The monoisotopic (exact) mass is 411 g/mol. The molecule has 2 aromatic carbocycles. The molecule has 6 nitrogen and oxygen atoms in total. The number of hydrogen-bond acceptors (Lipinski definition) is 4. The van der Waals surface area contributed by atoms with Crippen LogP contribution in [-0.4, -0.2) is 31.0 Å². The number of carbonyl (C=O) groups excluding carboxylic acids is 2. The average Bonchev–Trinajstić information content (AvgIpc) is 2.64. The summed E-state index contributed by atoms with van der Waals surface area (Å²) in [6.07, 6.45) is 1.20. The summed E-state index contributed by atoms with van der Waals surface area (Å²) in [6.45, 7) is -2.43. The minimum Gasteiger partial charge on any atom is -0.435 e. The second-order valence-corrected chi connectivity index (χ2v) is 6.12. The molecule has 1 unspecified atom stereocenters. The first-order chi connectivity index (χ1) is 13.0. The van der Waals surface area contributed by atoms with Crippen molar-refractivity contribution in [2.24, 2.45) is 0 Å². The van der Waals surface area contributed by atoms with Gasteiger partial charge >= 0.3 is 6.61 Å². The highest BCUT2D eigenvalue weighted by Crippen LogP contribution is 2.25. The number of hydrogen-bond donors (Lipinski definition) is 2. The first-order valence-corrected chi connectivity index (χ1v) is 8.47. The third-order valence-electron chi connectivity index (χ3n) is 4.32. The minimum atomic E-state index is -2.91. The van der Waals surface area contributed by atoms with Crippen LogP contribution in [0, 0.1) is 0 Å². The van der Waals surface area contributed by atoms with Crippen molar-refractivity contribution in [3.8, 4) is 5.75 Å². The SMILES string of the molecule is Cl.Nc1ccccc1C(=O)NC1CCCN(c2ccc(OC(F)F)cc2)C1=O. The fourth-order valence-corrected chi connectivity index (χ4v) is 3.01. The lowest BCUT2D eigenvalue weighted by molar-refractivity contribution is -0.121. The van der Waals surface area contributed by atoms with Gasteiger partial charge in [-0.1, -0.05) is 12.1 Å². The number of anilines is 2. The number of ether oxygens (including phenoxy) is 1. The molecule has 1 atom stereocenters. The van der Waals surface area contributed by atoms with E-state index in [1.807, 2.05) is 0 Å². The van der Waals surface area contributed by atoms with Crippen molar-refractivity contribution in [2.45, 2.75) is 25.5 Å². The van der Waals surface area contributed by atoms with Crippen LogP contribution in [0.1, 0.15) is 23.2 Å². The van der Waals surface area contributed by atoms with E-state index in [9.17, 15) is 18.4 Å². The van der Waals surface area contributed by atoms with Gasteiger partial charge in [0.25, 0.3) is 5.91 Å². The minimum absolute atomic E-state index is 0. The molecule has 0 radical (unpaired) electrons. The second kappa shape index (κ2) is 9.36. The van der Waals surface area contributed by atoms with Gasteiger partial charge in [-0.15, -0.1) is 12.4 Å². The molecule has 150 valence electrons. The van der Waals surface area contributed by atoms with E-state index in [1.165, 1.54) is 29.2 Å². The smallest absolute Gasteiger partial charge is 0.387 e. The number of carbonyl (C=O) groups is 2. The van der Waals surface area contributed by atoms with Crippen molar-refractivity contribution in [2.75, 3.05) is 17.2 Å². The number of piperidine rings is 1. The number of nitrogen functional groups attached to an aromatic ring is 1. The molecular formula is C19H20ClF2N3O3. The fraction of sp³-hybridized carbons (Fsp3) is 0.263. The molecule has 0 aliphatic carbocycles. The fourth-order valence-electron chi connectivity index (χ4n) is 3.01. The molecule has 1 aliphatic heterocycles. The van der Waals surface area contributed by atoms with Crippen LogP contribution in [0.4, 0.5) is 20.2 Å². The van der Waals surface area contributed by atoms with Gasteiger partial charge in [-0.25, -0.2) is 0 Å². The Kier molecular flexibility index (Phi) is 7.17. The van der Waals surface area contributed by atoms with E-state index in [0.29, 0.717) is 36.3 Å². The van der Waals surface area contributed by atoms with Crippen LogP contribution in [0.15, 0.2) is 48.5 Å². The lowest BCUT2D eigenvalue weighted by Crippen LogP contribution is -2.52. The number of halogens is 3. The van der Waals surface area contributed by atoms with Crippen molar-refractivity contribution in [3.05, 3.63) is 54.1 Å². The Labute approximate surface area is 167 Å². The normalized spacial score (nSPS) is 16.5. The summed E-state index contributed by atoms with van der Waals surface area (Å²) in [4.78, 5) is 26.7. The highest BCUT2D eigenvalue weighted by molar-refractivity contribution is 6.04. The molecule has 1 saturated heterocycles. The average molecular weight is 412 g/mol. The zero-order valence-corrected chi connectivity index (χ0v) is 15.6. The van der Waals surface area contributed by atoms with E-state index in [1.54, 1.807) is 24.3 Å². The maximum absolute atomic E-state index is 12.8. The summed E-state index contributed by atoms with van der Waals surface area (Å²) in [5.74, 6) is -0.650. The summed E-state index contributed by atoms with van der Waals surface area (Å²) in [6, 6.07) is 11.8. The standard InChI is InChI=1S/C19H19F2N3O3.ClH/c20-19(21)27-13-9-7-12(8-10-13)24-11-3-6-16(18(24)26)23-17(25)14-4-1-2-5-15(14)22;/h1-2,4-5,7-10,16,19H,3,6,11,22H2,(H,23,25);1H. The van der Waals surface area contributed by atoms with E-state index in [2.05, 4.69) is 10.1 Å². The van der Waals surface area contributed by atoms with Gasteiger partial charge in [0, 0.05) is 17.9 Å².